The maximum absolute atomic E-state index is 13.6. The second-order valence-electron chi connectivity index (χ2n) is 8.87. The Morgan fingerprint density at radius 3 is 2.12 bits per heavy atom. The van der Waals surface area contributed by atoms with E-state index in [9.17, 15) is 22.8 Å². The van der Waals surface area contributed by atoms with Gasteiger partial charge in [0, 0.05) is 10.4 Å². The van der Waals surface area contributed by atoms with Crippen LogP contribution in [0.3, 0.4) is 0 Å². The number of methoxy groups -OCH3 is 1. The number of benzene rings is 2. The van der Waals surface area contributed by atoms with E-state index in [-0.39, 0.29) is 28.6 Å². The maximum Gasteiger partial charge on any atom is 0.392 e. The summed E-state index contributed by atoms with van der Waals surface area (Å²) in [5.41, 5.74) is 0.372. The van der Waals surface area contributed by atoms with Gasteiger partial charge in [-0.15, -0.1) is 0 Å². The fourth-order valence-electron chi connectivity index (χ4n) is 3.72. The molecule has 0 fully saturated rings. The van der Waals surface area contributed by atoms with Crippen LogP contribution in [0.5, 0.6) is 0 Å². The second kappa shape index (κ2) is 11.0. The lowest BCUT2D eigenvalue weighted by atomic mass is 9.71. The lowest BCUT2D eigenvalue weighted by molar-refractivity contribution is -0.178. The van der Waals surface area contributed by atoms with Gasteiger partial charge in [0.2, 0.25) is 5.91 Å². The predicted molar refractivity (Wildman–Crippen MR) is 128 cm³/mol. The number of amides is 1. The molecule has 0 aliphatic heterocycles. The van der Waals surface area contributed by atoms with Crippen molar-refractivity contribution in [3.63, 3.8) is 0 Å². The van der Waals surface area contributed by atoms with Crippen LogP contribution in [0.4, 0.5) is 18.9 Å². The minimum Gasteiger partial charge on any atom is -0.469 e. The first-order valence-corrected chi connectivity index (χ1v) is 11.5. The molecule has 0 saturated heterocycles. The number of esters is 1. The Morgan fingerprint density at radius 2 is 1.62 bits per heavy atom. The van der Waals surface area contributed by atoms with E-state index in [4.69, 9.17) is 27.9 Å². The van der Waals surface area contributed by atoms with Gasteiger partial charge in [0.05, 0.1) is 36.1 Å². The number of alkyl halides is 3. The largest absolute Gasteiger partial charge is 0.469 e. The molecule has 0 bridgehead atoms. The molecule has 2 aromatic carbocycles. The highest BCUT2D eigenvalue weighted by molar-refractivity contribution is 6.33. The third-order valence-corrected chi connectivity index (χ3v) is 7.01. The quantitative estimate of drug-likeness (QED) is 0.371. The van der Waals surface area contributed by atoms with Crippen LogP contribution in [-0.2, 0) is 19.7 Å². The van der Waals surface area contributed by atoms with Gasteiger partial charge in [0.15, 0.2) is 0 Å². The molecule has 1 N–H and O–H groups in total. The van der Waals surface area contributed by atoms with E-state index < -0.39 is 35.3 Å². The summed E-state index contributed by atoms with van der Waals surface area (Å²) in [4.78, 5) is 25.2. The zero-order valence-corrected chi connectivity index (χ0v) is 21.1. The maximum atomic E-state index is 13.6. The average molecular weight is 518 g/mol. The molecule has 4 nitrogen and oxygen atoms in total. The minimum absolute atomic E-state index is 0.00314. The van der Waals surface area contributed by atoms with Gasteiger partial charge in [-0.3, -0.25) is 9.59 Å². The van der Waals surface area contributed by atoms with Gasteiger partial charge in [-0.25, -0.2) is 0 Å². The number of hydrogen-bond donors (Lipinski definition) is 1. The number of rotatable bonds is 8. The smallest absolute Gasteiger partial charge is 0.392 e. The molecule has 0 saturated carbocycles. The molecule has 0 spiro atoms. The molecule has 2 rings (SSSR count). The van der Waals surface area contributed by atoms with E-state index in [1.807, 2.05) is 20.8 Å². The normalized spacial score (nSPS) is 15.4. The van der Waals surface area contributed by atoms with Crippen molar-refractivity contribution in [2.24, 2.45) is 11.8 Å². The average Bonchev–Trinajstić information content (AvgIpc) is 2.75. The van der Waals surface area contributed by atoms with Gasteiger partial charge in [-0.05, 0) is 41.3 Å². The first-order chi connectivity index (χ1) is 15.7. The highest BCUT2D eigenvalue weighted by Gasteiger charge is 2.45. The Bertz CT molecular complexity index is 1030. The highest BCUT2D eigenvalue weighted by atomic mass is 35.5. The summed E-state index contributed by atoms with van der Waals surface area (Å²) < 4.78 is 45.7. The molecule has 2 aromatic rings. The monoisotopic (exact) mass is 517 g/mol. The zero-order chi connectivity index (χ0) is 25.8. The number of hydrogen-bond acceptors (Lipinski definition) is 3. The zero-order valence-electron chi connectivity index (χ0n) is 19.6. The van der Waals surface area contributed by atoms with Crippen LogP contribution < -0.4 is 5.32 Å². The Hall–Kier alpha value is -2.25. The van der Waals surface area contributed by atoms with Gasteiger partial charge in [-0.1, -0.05) is 69.1 Å². The van der Waals surface area contributed by atoms with Crippen LogP contribution >= 0.6 is 23.2 Å². The molecule has 0 radical (unpaired) electrons. The number of carbonyl (C=O) groups excluding carboxylic acids is 2. The van der Waals surface area contributed by atoms with Crippen LogP contribution in [0.1, 0.15) is 51.2 Å². The summed E-state index contributed by atoms with van der Waals surface area (Å²) in [6.45, 7) is 6.73. The standard InChI is InChI=1S/C25H28Cl2F3NO3/c1-14(2)24(4,13-21(32)34-5)17-8-11-19(27)20(12-17)31-23(33)22(15(3)25(28,29)30)16-6-9-18(26)10-7-16/h6-12,14-15,22H,13H2,1-5H3,(H,31,33)/t15-,22+,24?/m1/s1. The molecular formula is C25H28Cl2F3NO3. The summed E-state index contributed by atoms with van der Waals surface area (Å²) in [5, 5.41) is 3.08. The Morgan fingerprint density at radius 1 is 1.03 bits per heavy atom. The van der Waals surface area contributed by atoms with Crippen molar-refractivity contribution in [2.45, 2.75) is 51.6 Å². The third kappa shape index (κ3) is 6.45. The summed E-state index contributed by atoms with van der Waals surface area (Å²) in [7, 11) is 1.30. The highest BCUT2D eigenvalue weighted by Crippen LogP contribution is 2.41. The van der Waals surface area contributed by atoms with E-state index in [1.54, 1.807) is 18.2 Å². The van der Waals surface area contributed by atoms with Gasteiger partial charge in [0.25, 0.3) is 0 Å². The van der Waals surface area contributed by atoms with Crippen molar-refractivity contribution in [3.8, 4) is 0 Å². The summed E-state index contributed by atoms with van der Waals surface area (Å²) in [6, 6.07) is 10.6. The number of ether oxygens (including phenoxy) is 1. The molecular weight excluding hydrogens is 490 g/mol. The van der Waals surface area contributed by atoms with Crippen molar-refractivity contribution in [1.82, 2.24) is 0 Å². The van der Waals surface area contributed by atoms with Gasteiger partial charge in [-0.2, -0.15) is 13.2 Å². The van der Waals surface area contributed by atoms with Gasteiger partial charge >= 0.3 is 12.1 Å². The number of nitrogens with one attached hydrogen (secondary N) is 1. The fourth-order valence-corrected chi connectivity index (χ4v) is 4.02. The molecule has 3 atom stereocenters. The van der Waals surface area contributed by atoms with E-state index in [2.05, 4.69) is 5.32 Å². The molecule has 0 heterocycles. The van der Waals surface area contributed by atoms with Crippen molar-refractivity contribution < 1.29 is 27.5 Å². The van der Waals surface area contributed by atoms with Crippen molar-refractivity contribution >= 4 is 40.8 Å². The fraction of sp³-hybridized carbons (Fsp3) is 0.440. The van der Waals surface area contributed by atoms with E-state index >= 15 is 0 Å². The summed E-state index contributed by atoms with van der Waals surface area (Å²) in [5.74, 6) is -4.74. The van der Waals surface area contributed by atoms with Crippen molar-refractivity contribution in [1.29, 1.82) is 0 Å². The van der Waals surface area contributed by atoms with Crippen LogP contribution in [0.25, 0.3) is 0 Å². The second-order valence-corrected chi connectivity index (χ2v) is 9.71. The Balaban J connectivity index is 2.48. The molecule has 34 heavy (non-hydrogen) atoms. The summed E-state index contributed by atoms with van der Waals surface area (Å²) in [6.07, 6.45) is -4.53. The van der Waals surface area contributed by atoms with Crippen LogP contribution in [-0.4, -0.2) is 25.2 Å². The van der Waals surface area contributed by atoms with E-state index in [0.29, 0.717) is 10.6 Å². The molecule has 9 heteroatoms. The van der Waals surface area contributed by atoms with Gasteiger partial charge < -0.3 is 10.1 Å². The topological polar surface area (TPSA) is 55.4 Å². The van der Waals surface area contributed by atoms with Crippen LogP contribution in [0.2, 0.25) is 10.0 Å². The van der Waals surface area contributed by atoms with Crippen molar-refractivity contribution in [3.05, 3.63) is 63.6 Å². The SMILES string of the molecule is COC(=O)CC(C)(c1ccc(Cl)c(NC(=O)[C@H](c2ccc(Cl)cc2)[C@@H](C)C(F)(F)F)c1)C(C)C. The van der Waals surface area contributed by atoms with E-state index in [0.717, 1.165) is 6.92 Å². The molecule has 0 aromatic heterocycles. The summed E-state index contributed by atoms with van der Waals surface area (Å²) >= 11 is 12.2. The minimum atomic E-state index is -4.61. The first-order valence-electron chi connectivity index (χ1n) is 10.7. The molecule has 0 aliphatic rings. The molecule has 1 amide bonds. The van der Waals surface area contributed by atoms with Crippen molar-refractivity contribution in [2.75, 3.05) is 12.4 Å². The molecule has 0 aliphatic carbocycles. The Kier molecular flexibility index (Phi) is 9.05. The number of anilines is 1. The third-order valence-electron chi connectivity index (χ3n) is 6.43. The first kappa shape index (κ1) is 28.0. The lowest BCUT2D eigenvalue weighted by Crippen LogP contribution is -2.35. The number of carbonyl (C=O) groups is 2. The van der Waals surface area contributed by atoms with Gasteiger partial charge in [0.1, 0.15) is 0 Å². The molecule has 186 valence electrons. The molecule has 1 unspecified atom stereocenters. The Labute approximate surface area is 207 Å². The lowest BCUT2D eigenvalue weighted by Gasteiger charge is -2.34. The van der Waals surface area contributed by atoms with Crippen LogP contribution in [0, 0.1) is 11.8 Å². The predicted octanol–water partition coefficient (Wildman–Crippen LogP) is 7.39. The number of halogens is 5. The van der Waals surface area contributed by atoms with E-state index in [1.165, 1.54) is 31.4 Å². The van der Waals surface area contributed by atoms with Crippen LogP contribution in [0.15, 0.2) is 42.5 Å².